The molecule has 0 heterocycles. The van der Waals surface area contributed by atoms with Gasteiger partial charge in [-0.05, 0) is 37.1 Å². The van der Waals surface area contributed by atoms with E-state index in [0.717, 1.165) is 30.7 Å². The van der Waals surface area contributed by atoms with E-state index in [4.69, 9.17) is 0 Å². The van der Waals surface area contributed by atoms with Crippen LogP contribution in [0, 0.1) is 0 Å². The van der Waals surface area contributed by atoms with Crippen molar-refractivity contribution in [3.63, 3.8) is 0 Å². The predicted molar refractivity (Wildman–Crippen MR) is 69.8 cm³/mol. The smallest absolute Gasteiger partial charge is 0.100 e. The maximum atomic E-state index is 4.00. The molecule has 0 aromatic carbocycles. The third-order valence-corrected chi connectivity index (χ3v) is 2.24. The lowest BCUT2D eigenvalue weighted by Gasteiger charge is -2.37. The van der Waals surface area contributed by atoms with Crippen molar-refractivity contribution in [2.45, 2.75) is 13.8 Å². The summed E-state index contributed by atoms with van der Waals surface area (Å²) in [5.41, 5.74) is 2.39. The average Bonchev–Trinajstić information content (AvgIpc) is 2.01. The second-order valence-electron chi connectivity index (χ2n) is 4.51. The molecule has 0 aromatic rings. The summed E-state index contributed by atoms with van der Waals surface area (Å²) in [6.45, 7) is 23.6. The van der Waals surface area contributed by atoms with Crippen LogP contribution >= 0.6 is 0 Å². The van der Waals surface area contributed by atoms with E-state index in [9.17, 15) is 0 Å². The molecule has 0 N–H and O–H groups in total. The Morgan fingerprint density at radius 2 is 1.25 bits per heavy atom. The van der Waals surface area contributed by atoms with Crippen molar-refractivity contribution in [3.8, 4) is 0 Å². The molecule has 0 radical (unpaired) electrons. The molecular weight excluding hydrogens is 218 g/mol. The maximum absolute atomic E-state index is 4.00. The summed E-state index contributed by atoms with van der Waals surface area (Å²) >= 11 is 0. The molecule has 1 nitrogen and oxygen atoms in total. The molecule has 2 heteroatoms. The van der Waals surface area contributed by atoms with Crippen LogP contribution in [0.2, 0.25) is 0 Å². The van der Waals surface area contributed by atoms with Crippen molar-refractivity contribution in [2.24, 2.45) is 0 Å². The number of hydrogen-bond donors (Lipinski definition) is 0. The molecule has 0 atom stereocenters. The van der Waals surface area contributed by atoms with E-state index in [1.54, 1.807) is 0 Å². The van der Waals surface area contributed by atoms with Crippen molar-refractivity contribution < 1.29 is 16.9 Å². The van der Waals surface area contributed by atoms with Gasteiger partial charge in [0, 0.05) is 0 Å². The molecule has 0 fully saturated rings. The van der Waals surface area contributed by atoms with Crippen molar-refractivity contribution in [1.82, 2.24) is 0 Å². The Morgan fingerprint density at radius 3 is 1.44 bits per heavy atom. The number of quaternary nitrogens is 1. The molecule has 0 bridgehead atoms. The van der Waals surface area contributed by atoms with Crippen molar-refractivity contribution in [3.05, 3.63) is 49.6 Å². The van der Waals surface area contributed by atoms with Gasteiger partial charge in [-0.2, -0.15) is 0 Å². The van der Waals surface area contributed by atoms with Gasteiger partial charge in [-0.3, -0.25) is 0 Å². The number of rotatable bonds is 8. The maximum Gasteiger partial charge on any atom is 0.100 e. The Labute approximate surface area is 107 Å². The highest BCUT2D eigenvalue weighted by molar-refractivity contribution is 4.94. The van der Waals surface area contributed by atoms with E-state index in [-0.39, 0.29) is 12.4 Å². The van der Waals surface area contributed by atoms with Crippen LogP contribution in [0.1, 0.15) is 13.8 Å². The van der Waals surface area contributed by atoms with Gasteiger partial charge in [0.25, 0.3) is 0 Å². The monoisotopic (exact) mass is 241 g/mol. The molecule has 92 valence electrons. The molecule has 0 aliphatic carbocycles. The van der Waals surface area contributed by atoms with Gasteiger partial charge in [0.15, 0.2) is 0 Å². The van der Waals surface area contributed by atoms with Crippen LogP contribution in [0.15, 0.2) is 49.6 Å². The standard InChI is InChI=1S/C14H24N.ClH/c1-7-9-15(10-8-2,11-13(3)4)12-14(5)6;/h7-8H,1-3,5,9-12H2,4,6H3;1H/q+1;/p-1. The van der Waals surface area contributed by atoms with Crippen molar-refractivity contribution in [1.29, 1.82) is 0 Å². The second kappa shape index (κ2) is 8.37. The van der Waals surface area contributed by atoms with Crippen LogP contribution in [-0.4, -0.2) is 30.7 Å². The molecule has 0 unspecified atom stereocenters. The Balaban J connectivity index is 0. The topological polar surface area (TPSA) is 0 Å². The first kappa shape index (κ1) is 17.6. The minimum absolute atomic E-state index is 0. The molecule has 0 rings (SSSR count). The van der Waals surface area contributed by atoms with Gasteiger partial charge in [0.05, 0.1) is 13.1 Å². The second-order valence-corrected chi connectivity index (χ2v) is 4.51. The normalized spacial score (nSPS) is 10.1. The number of nitrogens with zero attached hydrogens (tertiary/aromatic N) is 1. The summed E-state index contributed by atoms with van der Waals surface area (Å²) in [6, 6.07) is 0. The van der Waals surface area contributed by atoms with Crippen LogP contribution in [0.5, 0.6) is 0 Å². The van der Waals surface area contributed by atoms with E-state index in [2.05, 4.69) is 40.2 Å². The molecule has 0 spiro atoms. The molecule has 0 aliphatic heterocycles. The summed E-state index contributed by atoms with van der Waals surface area (Å²) in [6.07, 6.45) is 3.94. The first-order valence-electron chi connectivity index (χ1n) is 5.31. The van der Waals surface area contributed by atoms with Crippen LogP contribution in [-0.2, 0) is 0 Å². The van der Waals surface area contributed by atoms with Crippen LogP contribution in [0.3, 0.4) is 0 Å². The highest BCUT2D eigenvalue weighted by Crippen LogP contribution is 2.14. The van der Waals surface area contributed by atoms with Crippen LogP contribution in [0.4, 0.5) is 0 Å². The fourth-order valence-electron chi connectivity index (χ4n) is 2.08. The fraction of sp³-hybridized carbons (Fsp3) is 0.429. The summed E-state index contributed by atoms with van der Waals surface area (Å²) in [5.74, 6) is 0. The van der Waals surface area contributed by atoms with Gasteiger partial charge in [0.2, 0.25) is 0 Å². The summed E-state index contributed by atoms with van der Waals surface area (Å²) in [7, 11) is 0. The van der Waals surface area contributed by atoms with Crippen LogP contribution in [0.25, 0.3) is 0 Å². The van der Waals surface area contributed by atoms with Gasteiger partial charge in [-0.15, -0.1) is 0 Å². The van der Waals surface area contributed by atoms with Crippen molar-refractivity contribution >= 4 is 0 Å². The highest BCUT2D eigenvalue weighted by atomic mass is 35.5. The third-order valence-electron chi connectivity index (χ3n) is 2.24. The van der Waals surface area contributed by atoms with Gasteiger partial charge in [0.1, 0.15) is 13.1 Å². The molecule has 0 aliphatic rings. The van der Waals surface area contributed by atoms with Gasteiger partial charge in [-0.1, -0.05) is 26.3 Å². The summed E-state index contributed by atoms with van der Waals surface area (Å²) in [5, 5.41) is 0. The zero-order valence-electron chi connectivity index (χ0n) is 10.6. The van der Waals surface area contributed by atoms with E-state index in [1.807, 2.05) is 12.2 Å². The van der Waals surface area contributed by atoms with Gasteiger partial charge in [-0.25, -0.2) is 0 Å². The summed E-state index contributed by atoms with van der Waals surface area (Å²) in [4.78, 5) is 0. The fourth-order valence-corrected chi connectivity index (χ4v) is 2.08. The minimum atomic E-state index is 0. The zero-order chi connectivity index (χ0) is 11.9. The Morgan fingerprint density at radius 1 is 0.938 bits per heavy atom. The molecule has 0 aromatic heterocycles. The van der Waals surface area contributed by atoms with Crippen molar-refractivity contribution in [2.75, 3.05) is 26.2 Å². The Hall–Kier alpha value is -0.790. The van der Waals surface area contributed by atoms with Gasteiger partial charge < -0.3 is 16.9 Å². The molecular formula is C14H24ClN. The predicted octanol–water partition coefficient (Wildman–Crippen LogP) is 0.331. The molecule has 0 amide bonds. The lowest BCUT2D eigenvalue weighted by molar-refractivity contribution is -0.908. The molecule has 0 saturated heterocycles. The first-order chi connectivity index (χ1) is 6.95. The average molecular weight is 242 g/mol. The number of halogens is 1. The Kier molecular flexibility index (Phi) is 9.21. The van der Waals surface area contributed by atoms with E-state index in [0.29, 0.717) is 0 Å². The van der Waals surface area contributed by atoms with Gasteiger partial charge >= 0.3 is 0 Å². The third kappa shape index (κ3) is 6.65. The Bertz CT molecular complexity index is 238. The zero-order valence-corrected chi connectivity index (χ0v) is 11.4. The highest BCUT2D eigenvalue weighted by Gasteiger charge is 2.24. The lowest BCUT2D eigenvalue weighted by atomic mass is 10.2. The van der Waals surface area contributed by atoms with E-state index >= 15 is 0 Å². The summed E-state index contributed by atoms with van der Waals surface area (Å²) < 4.78 is 0.914. The first-order valence-corrected chi connectivity index (χ1v) is 5.31. The quantitative estimate of drug-likeness (QED) is 0.425. The van der Waals surface area contributed by atoms with Crippen LogP contribution < -0.4 is 12.4 Å². The largest absolute Gasteiger partial charge is 1.00 e. The van der Waals surface area contributed by atoms with E-state index < -0.39 is 0 Å². The minimum Gasteiger partial charge on any atom is -1.00 e. The molecule has 0 saturated carbocycles. The lowest BCUT2D eigenvalue weighted by Crippen LogP contribution is -3.00. The number of hydrogen-bond acceptors (Lipinski definition) is 0. The SMILES string of the molecule is C=CC[N+](CC=C)(CC(=C)C)CC(=C)C.[Cl-]. The molecule has 16 heavy (non-hydrogen) atoms. The van der Waals surface area contributed by atoms with E-state index in [1.165, 1.54) is 11.1 Å².